The third-order valence-corrected chi connectivity index (χ3v) is 4.80. The van der Waals surface area contributed by atoms with E-state index in [1.807, 2.05) is 19.9 Å². The molecule has 4 rings (SSSR count). The van der Waals surface area contributed by atoms with Crippen molar-refractivity contribution in [3.05, 3.63) is 71.0 Å². The summed E-state index contributed by atoms with van der Waals surface area (Å²) in [4.78, 5) is 0. The number of halogens is 4. The van der Waals surface area contributed by atoms with Gasteiger partial charge in [0, 0.05) is 17.2 Å². The van der Waals surface area contributed by atoms with Gasteiger partial charge in [0.15, 0.2) is 5.65 Å². The first-order valence-corrected chi connectivity index (χ1v) is 9.48. The van der Waals surface area contributed by atoms with Crippen LogP contribution in [0.1, 0.15) is 30.9 Å². The third-order valence-electron chi connectivity index (χ3n) is 4.57. The molecule has 2 heterocycles. The number of alkyl halides is 3. The monoisotopic (exact) mass is 432 g/mol. The van der Waals surface area contributed by atoms with E-state index in [1.165, 1.54) is 10.6 Å². The van der Waals surface area contributed by atoms with Crippen molar-refractivity contribution in [3.63, 3.8) is 0 Å². The van der Waals surface area contributed by atoms with E-state index in [2.05, 4.69) is 15.3 Å². The topological polar surface area (TPSA) is 52.3 Å². The molecule has 0 saturated carbocycles. The zero-order valence-corrected chi connectivity index (χ0v) is 16.7. The zero-order chi connectivity index (χ0) is 21.5. The van der Waals surface area contributed by atoms with E-state index >= 15 is 0 Å². The van der Waals surface area contributed by atoms with Gasteiger partial charge in [0.25, 0.3) is 0 Å². The molecule has 0 aliphatic carbocycles. The molecule has 0 radical (unpaired) electrons. The average molecular weight is 433 g/mol. The Morgan fingerprint density at radius 3 is 2.40 bits per heavy atom. The third kappa shape index (κ3) is 3.82. The highest BCUT2D eigenvalue weighted by atomic mass is 35.5. The van der Waals surface area contributed by atoms with Crippen LogP contribution in [0.2, 0.25) is 5.28 Å². The Labute approximate surface area is 175 Å². The highest BCUT2D eigenvalue weighted by molar-refractivity contribution is 6.28. The van der Waals surface area contributed by atoms with Crippen LogP contribution in [0.3, 0.4) is 0 Å². The Hall–Kier alpha value is -3.13. The highest BCUT2D eigenvalue weighted by Gasteiger charge is 2.31. The SMILES string of the molecule is CC(C)c1cc(Oc2cc(C(F)(F)F)ccc2-c2ccccc2)nn2c(Cl)nnc12. The van der Waals surface area contributed by atoms with Crippen LogP contribution in [0, 0.1) is 0 Å². The van der Waals surface area contributed by atoms with Crippen molar-refractivity contribution >= 4 is 17.2 Å². The van der Waals surface area contributed by atoms with Gasteiger partial charge in [-0.1, -0.05) is 50.2 Å². The molecule has 0 atom stereocenters. The number of hydrogen-bond acceptors (Lipinski definition) is 4. The minimum atomic E-state index is -4.51. The molecule has 2 aromatic carbocycles. The van der Waals surface area contributed by atoms with Gasteiger partial charge in [0.05, 0.1) is 5.56 Å². The second-order valence-corrected chi connectivity index (χ2v) is 7.31. The lowest BCUT2D eigenvalue weighted by atomic mass is 10.0. The van der Waals surface area contributed by atoms with Crippen molar-refractivity contribution in [3.8, 4) is 22.8 Å². The number of ether oxygens (including phenoxy) is 1. The molecule has 4 aromatic rings. The van der Waals surface area contributed by atoms with Gasteiger partial charge in [-0.15, -0.1) is 15.3 Å². The molecule has 0 unspecified atom stereocenters. The first-order chi connectivity index (χ1) is 14.2. The number of benzene rings is 2. The van der Waals surface area contributed by atoms with Crippen molar-refractivity contribution in [1.82, 2.24) is 19.8 Å². The molecule has 0 aliphatic heterocycles. The van der Waals surface area contributed by atoms with Crippen molar-refractivity contribution in [2.75, 3.05) is 0 Å². The summed E-state index contributed by atoms with van der Waals surface area (Å²) in [6.45, 7) is 3.89. The molecule has 0 saturated heterocycles. The summed E-state index contributed by atoms with van der Waals surface area (Å²) in [5, 5.41) is 12.1. The Balaban J connectivity index is 1.87. The molecule has 5 nitrogen and oxygen atoms in total. The Morgan fingerprint density at radius 1 is 1.00 bits per heavy atom. The van der Waals surface area contributed by atoms with Crippen molar-refractivity contribution in [1.29, 1.82) is 0 Å². The fraction of sp³-hybridized carbons (Fsp3) is 0.190. The van der Waals surface area contributed by atoms with Gasteiger partial charge in [-0.25, -0.2) is 0 Å². The summed E-state index contributed by atoms with van der Waals surface area (Å²) in [7, 11) is 0. The average Bonchev–Trinajstić information content (AvgIpc) is 3.08. The molecule has 154 valence electrons. The number of aromatic nitrogens is 4. The molecule has 0 fully saturated rings. The van der Waals surface area contributed by atoms with E-state index in [4.69, 9.17) is 16.3 Å². The minimum Gasteiger partial charge on any atom is -0.437 e. The lowest BCUT2D eigenvalue weighted by Gasteiger charge is -2.15. The predicted octanol–water partition coefficient (Wildman–Crippen LogP) is 6.38. The number of nitrogens with zero attached hydrogens (tertiary/aromatic N) is 4. The van der Waals surface area contributed by atoms with Gasteiger partial charge in [-0.2, -0.15) is 17.7 Å². The summed E-state index contributed by atoms with van der Waals surface area (Å²) < 4.78 is 47.1. The van der Waals surface area contributed by atoms with Gasteiger partial charge >= 0.3 is 6.18 Å². The molecule has 0 spiro atoms. The fourth-order valence-electron chi connectivity index (χ4n) is 3.08. The summed E-state index contributed by atoms with van der Waals surface area (Å²) in [6.07, 6.45) is -4.51. The van der Waals surface area contributed by atoms with E-state index in [1.54, 1.807) is 30.3 Å². The Morgan fingerprint density at radius 2 is 1.73 bits per heavy atom. The normalized spacial score (nSPS) is 12.0. The summed E-state index contributed by atoms with van der Waals surface area (Å²) >= 11 is 6.06. The van der Waals surface area contributed by atoms with Crippen molar-refractivity contribution in [2.45, 2.75) is 25.9 Å². The number of hydrogen-bond donors (Lipinski definition) is 0. The van der Waals surface area contributed by atoms with Crippen molar-refractivity contribution in [2.24, 2.45) is 0 Å². The lowest BCUT2D eigenvalue weighted by Crippen LogP contribution is -2.06. The van der Waals surface area contributed by atoms with Crippen LogP contribution < -0.4 is 4.74 Å². The molecule has 30 heavy (non-hydrogen) atoms. The van der Waals surface area contributed by atoms with Crippen LogP contribution in [0.25, 0.3) is 16.8 Å². The van der Waals surface area contributed by atoms with Crippen LogP contribution >= 0.6 is 11.6 Å². The van der Waals surface area contributed by atoms with E-state index in [-0.39, 0.29) is 22.8 Å². The summed E-state index contributed by atoms with van der Waals surface area (Å²) in [5.74, 6) is 0.152. The van der Waals surface area contributed by atoms with Gasteiger partial charge in [-0.3, -0.25) is 0 Å². The lowest BCUT2D eigenvalue weighted by molar-refractivity contribution is -0.137. The van der Waals surface area contributed by atoms with E-state index in [0.717, 1.165) is 17.7 Å². The van der Waals surface area contributed by atoms with Gasteiger partial charge in [0.1, 0.15) is 5.75 Å². The molecule has 0 aliphatic rings. The zero-order valence-electron chi connectivity index (χ0n) is 16.0. The first-order valence-electron chi connectivity index (χ1n) is 9.10. The maximum absolute atomic E-state index is 13.3. The predicted molar refractivity (Wildman–Crippen MR) is 107 cm³/mol. The molecule has 9 heteroatoms. The molecular formula is C21H16ClF3N4O. The van der Waals surface area contributed by atoms with Gasteiger partial charge in [-0.05, 0) is 35.2 Å². The van der Waals surface area contributed by atoms with Crippen LogP contribution in [0.4, 0.5) is 13.2 Å². The highest BCUT2D eigenvalue weighted by Crippen LogP contribution is 2.39. The molecule has 0 amide bonds. The standard InChI is InChI=1S/C21H16ClF3N4O/c1-12(2)16-11-18(28-29-19(16)26-27-20(29)22)30-17-10-14(21(23,24)25)8-9-15(17)13-6-4-3-5-7-13/h3-12H,1-2H3. The summed E-state index contributed by atoms with van der Waals surface area (Å²) in [6, 6.07) is 14.0. The molecule has 2 aromatic heterocycles. The number of rotatable bonds is 4. The van der Waals surface area contributed by atoms with Crippen LogP contribution in [0.15, 0.2) is 54.6 Å². The van der Waals surface area contributed by atoms with Crippen LogP contribution in [0.5, 0.6) is 11.6 Å². The Bertz CT molecular complexity index is 1210. The van der Waals surface area contributed by atoms with E-state index < -0.39 is 11.7 Å². The summed E-state index contributed by atoms with van der Waals surface area (Å²) in [5.41, 5.74) is 1.63. The maximum Gasteiger partial charge on any atom is 0.416 e. The van der Waals surface area contributed by atoms with E-state index in [9.17, 15) is 13.2 Å². The fourth-order valence-corrected chi connectivity index (χ4v) is 3.24. The molecule has 0 bridgehead atoms. The van der Waals surface area contributed by atoms with Gasteiger partial charge < -0.3 is 4.74 Å². The number of fused-ring (bicyclic) bond motifs is 1. The van der Waals surface area contributed by atoms with Crippen LogP contribution in [-0.2, 0) is 6.18 Å². The first kappa shape index (κ1) is 20.2. The maximum atomic E-state index is 13.3. The van der Waals surface area contributed by atoms with Crippen molar-refractivity contribution < 1.29 is 17.9 Å². The molecule has 0 N–H and O–H groups in total. The smallest absolute Gasteiger partial charge is 0.416 e. The van der Waals surface area contributed by atoms with Gasteiger partial charge in [0.2, 0.25) is 11.2 Å². The quantitative estimate of drug-likeness (QED) is 0.375. The molecular weight excluding hydrogens is 417 g/mol. The Kier molecular flexibility index (Phi) is 5.11. The largest absolute Gasteiger partial charge is 0.437 e. The van der Waals surface area contributed by atoms with Crippen LogP contribution in [-0.4, -0.2) is 19.8 Å². The second-order valence-electron chi connectivity index (χ2n) is 6.97. The van der Waals surface area contributed by atoms with E-state index in [0.29, 0.717) is 16.8 Å². The minimum absolute atomic E-state index is 0.0294. The second kappa shape index (κ2) is 7.60.